The summed E-state index contributed by atoms with van der Waals surface area (Å²) in [7, 11) is 0. The maximum atomic E-state index is 12.2. The van der Waals surface area contributed by atoms with Crippen LogP contribution >= 0.6 is 0 Å². The number of ether oxygens (including phenoxy) is 1. The van der Waals surface area contributed by atoms with Crippen molar-refractivity contribution in [3.05, 3.63) is 83.2 Å². The fraction of sp³-hybridized carbons (Fsp3) is 0.280. The smallest absolute Gasteiger partial charge is 0.407 e. The van der Waals surface area contributed by atoms with Gasteiger partial charge in [-0.1, -0.05) is 48.5 Å². The molecule has 7 nitrogen and oxygen atoms in total. The van der Waals surface area contributed by atoms with Gasteiger partial charge in [0, 0.05) is 18.7 Å². The summed E-state index contributed by atoms with van der Waals surface area (Å²) in [5.74, 6) is -0.0177. The molecule has 1 aliphatic rings. The molecule has 166 valence electrons. The molecule has 2 aromatic carbocycles. The van der Waals surface area contributed by atoms with Gasteiger partial charge in [0.25, 0.3) is 0 Å². The Balaban J connectivity index is 1.29. The summed E-state index contributed by atoms with van der Waals surface area (Å²) in [6.45, 7) is 2.16. The zero-order valence-electron chi connectivity index (χ0n) is 17.9. The van der Waals surface area contributed by atoms with Crippen LogP contribution in [0.4, 0.5) is 10.5 Å². The average Bonchev–Trinajstić information content (AvgIpc) is 3.13. The molecule has 1 amide bonds. The van der Waals surface area contributed by atoms with E-state index < -0.39 is 18.3 Å². The summed E-state index contributed by atoms with van der Waals surface area (Å²) >= 11 is 0. The molecule has 7 heteroatoms. The third-order valence-corrected chi connectivity index (χ3v) is 5.94. The Kier molecular flexibility index (Phi) is 6.39. The van der Waals surface area contributed by atoms with Crippen LogP contribution in [0.15, 0.2) is 60.8 Å². The topological polar surface area (TPSA) is 118 Å². The number of benzene rings is 2. The maximum absolute atomic E-state index is 12.2. The molecule has 1 aromatic heterocycles. The number of aliphatic hydroxyl groups excluding tert-OH is 2. The number of hydrogen-bond donors (Lipinski definition) is 4. The van der Waals surface area contributed by atoms with Gasteiger partial charge < -0.3 is 26.0 Å². The fourth-order valence-corrected chi connectivity index (χ4v) is 4.14. The molecule has 1 aliphatic carbocycles. The number of nitrogens with zero attached hydrogens (tertiary/aromatic N) is 1. The van der Waals surface area contributed by atoms with Crippen LogP contribution in [0, 0.1) is 6.92 Å². The first-order valence-electron chi connectivity index (χ1n) is 10.6. The number of carbonyl (C=O) groups excluding carboxylic acids is 1. The number of carbonyl (C=O) groups is 1. The van der Waals surface area contributed by atoms with Gasteiger partial charge in [-0.15, -0.1) is 0 Å². The standard InChI is InChI=1S/C25H27N3O4/c1-15-10-12-27-23(22(15)26)24(30)21(29)11-13-28-25(31)32-14-20-18-8-4-2-6-16(18)17-7-3-5-9-19(17)20/h2-10,12,20-21,24,29-30H,11,13-14,26H2,1H3,(H,28,31). The van der Waals surface area contributed by atoms with Gasteiger partial charge in [-0.2, -0.15) is 0 Å². The minimum absolute atomic E-state index is 0.0177. The zero-order chi connectivity index (χ0) is 22.7. The number of alkyl carbamates (subject to hydrolysis) is 1. The first kappa shape index (κ1) is 21.8. The molecule has 0 radical (unpaired) electrons. The van der Waals surface area contributed by atoms with Crippen molar-refractivity contribution < 1.29 is 19.7 Å². The Morgan fingerprint density at radius 2 is 1.72 bits per heavy atom. The van der Waals surface area contributed by atoms with E-state index in [-0.39, 0.29) is 31.2 Å². The van der Waals surface area contributed by atoms with Gasteiger partial charge in [-0.05, 0) is 47.2 Å². The SMILES string of the molecule is Cc1ccnc(C(O)C(O)CCNC(=O)OCC2c3ccccc3-c3ccccc32)c1N. The second-order valence-electron chi connectivity index (χ2n) is 7.98. The number of fused-ring (bicyclic) bond motifs is 3. The Morgan fingerprint density at radius 3 is 2.38 bits per heavy atom. The number of nitrogens with one attached hydrogen (secondary N) is 1. The Morgan fingerprint density at radius 1 is 1.09 bits per heavy atom. The van der Waals surface area contributed by atoms with Gasteiger partial charge in [-0.3, -0.25) is 4.98 Å². The monoisotopic (exact) mass is 433 g/mol. The van der Waals surface area contributed by atoms with Crippen LogP contribution in [0.25, 0.3) is 11.1 Å². The highest BCUT2D eigenvalue weighted by Crippen LogP contribution is 2.44. The van der Waals surface area contributed by atoms with Crippen LogP contribution in [0.3, 0.4) is 0 Å². The van der Waals surface area contributed by atoms with Gasteiger partial charge in [-0.25, -0.2) is 4.79 Å². The van der Waals surface area contributed by atoms with E-state index in [1.54, 1.807) is 13.0 Å². The van der Waals surface area contributed by atoms with Crippen LogP contribution in [0.1, 0.15) is 40.8 Å². The first-order chi connectivity index (χ1) is 15.5. The Hall–Kier alpha value is -3.42. The van der Waals surface area contributed by atoms with Crippen molar-refractivity contribution in [2.24, 2.45) is 0 Å². The summed E-state index contributed by atoms with van der Waals surface area (Å²) in [6, 6.07) is 18.0. The summed E-state index contributed by atoms with van der Waals surface area (Å²) in [4.78, 5) is 16.3. The normalized spacial score (nSPS) is 14.3. The summed E-state index contributed by atoms with van der Waals surface area (Å²) in [5, 5.41) is 23.3. The minimum Gasteiger partial charge on any atom is -0.449 e. The van der Waals surface area contributed by atoms with E-state index in [0.717, 1.165) is 16.7 Å². The van der Waals surface area contributed by atoms with E-state index in [9.17, 15) is 15.0 Å². The molecule has 4 rings (SSSR count). The molecular formula is C25H27N3O4. The third-order valence-electron chi connectivity index (χ3n) is 5.94. The molecule has 0 fully saturated rings. The van der Waals surface area contributed by atoms with Crippen molar-refractivity contribution in [2.75, 3.05) is 18.9 Å². The molecule has 2 unspecified atom stereocenters. The van der Waals surface area contributed by atoms with E-state index in [0.29, 0.717) is 5.69 Å². The largest absolute Gasteiger partial charge is 0.449 e. The lowest BCUT2D eigenvalue weighted by Gasteiger charge is -2.20. The lowest BCUT2D eigenvalue weighted by atomic mass is 9.98. The highest BCUT2D eigenvalue weighted by Gasteiger charge is 2.29. The quantitative estimate of drug-likeness (QED) is 0.454. The van der Waals surface area contributed by atoms with E-state index in [1.165, 1.54) is 17.3 Å². The Bertz CT molecular complexity index is 1070. The van der Waals surface area contributed by atoms with Crippen molar-refractivity contribution in [1.29, 1.82) is 0 Å². The predicted octanol–water partition coefficient (Wildman–Crippen LogP) is 3.30. The number of aliphatic hydroxyl groups is 2. The summed E-state index contributed by atoms with van der Waals surface area (Å²) < 4.78 is 5.47. The molecule has 0 aliphatic heterocycles. The predicted molar refractivity (Wildman–Crippen MR) is 122 cm³/mol. The number of aryl methyl sites for hydroxylation is 1. The number of pyridine rings is 1. The second-order valence-corrected chi connectivity index (χ2v) is 7.98. The molecular weight excluding hydrogens is 406 g/mol. The summed E-state index contributed by atoms with van der Waals surface area (Å²) in [6.07, 6.45) is -1.27. The van der Waals surface area contributed by atoms with E-state index in [1.807, 2.05) is 24.3 Å². The van der Waals surface area contributed by atoms with Crippen LogP contribution < -0.4 is 11.1 Å². The maximum Gasteiger partial charge on any atom is 0.407 e. The van der Waals surface area contributed by atoms with Gasteiger partial charge in [0.15, 0.2) is 0 Å². The van der Waals surface area contributed by atoms with Crippen LogP contribution in [0.5, 0.6) is 0 Å². The highest BCUT2D eigenvalue weighted by atomic mass is 16.5. The van der Waals surface area contributed by atoms with Crippen LogP contribution in [0.2, 0.25) is 0 Å². The Labute approximate surface area is 186 Å². The summed E-state index contributed by atoms with van der Waals surface area (Å²) in [5.41, 5.74) is 11.9. The number of nitrogen functional groups attached to an aromatic ring is 1. The van der Waals surface area contributed by atoms with Crippen LogP contribution in [-0.4, -0.2) is 40.5 Å². The van der Waals surface area contributed by atoms with Crippen molar-refractivity contribution in [1.82, 2.24) is 10.3 Å². The first-order valence-corrected chi connectivity index (χ1v) is 10.6. The molecule has 0 spiro atoms. The van der Waals surface area contributed by atoms with Gasteiger partial charge >= 0.3 is 6.09 Å². The molecule has 1 heterocycles. The van der Waals surface area contributed by atoms with Crippen molar-refractivity contribution >= 4 is 11.8 Å². The molecule has 2 atom stereocenters. The van der Waals surface area contributed by atoms with Crippen molar-refractivity contribution in [3.63, 3.8) is 0 Å². The van der Waals surface area contributed by atoms with Gasteiger partial charge in [0.1, 0.15) is 12.7 Å². The zero-order valence-corrected chi connectivity index (χ0v) is 17.9. The fourth-order valence-electron chi connectivity index (χ4n) is 4.14. The number of rotatable bonds is 7. The van der Waals surface area contributed by atoms with E-state index in [4.69, 9.17) is 10.5 Å². The second kappa shape index (κ2) is 9.38. The number of nitrogens with two attached hydrogens (primary N) is 1. The number of anilines is 1. The molecule has 3 aromatic rings. The van der Waals surface area contributed by atoms with Gasteiger partial charge in [0.05, 0.1) is 17.5 Å². The lowest BCUT2D eigenvalue weighted by Crippen LogP contribution is -2.31. The van der Waals surface area contributed by atoms with E-state index in [2.05, 4.69) is 34.6 Å². The highest BCUT2D eigenvalue weighted by molar-refractivity contribution is 5.79. The molecule has 0 saturated heterocycles. The molecule has 0 saturated carbocycles. The number of amides is 1. The lowest BCUT2D eigenvalue weighted by molar-refractivity contribution is 0.0116. The van der Waals surface area contributed by atoms with Gasteiger partial charge in [0.2, 0.25) is 0 Å². The third kappa shape index (κ3) is 4.30. The average molecular weight is 434 g/mol. The molecule has 0 bridgehead atoms. The van der Waals surface area contributed by atoms with Crippen molar-refractivity contribution in [3.8, 4) is 11.1 Å². The number of hydrogen-bond acceptors (Lipinski definition) is 6. The number of aromatic nitrogens is 1. The van der Waals surface area contributed by atoms with Crippen LogP contribution in [-0.2, 0) is 4.74 Å². The molecule has 5 N–H and O–H groups in total. The minimum atomic E-state index is -1.24. The van der Waals surface area contributed by atoms with E-state index >= 15 is 0 Å². The molecule has 32 heavy (non-hydrogen) atoms. The van der Waals surface area contributed by atoms with Crippen molar-refractivity contribution in [2.45, 2.75) is 31.5 Å².